The van der Waals surface area contributed by atoms with Gasteiger partial charge in [0.2, 0.25) is 0 Å². The van der Waals surface area contributed by atoms with E-state index in [2.05, 4.69) is 14.8 Å². The van der Waals surface area contributed by atoms with Gasteiger partial charge in [-0.2, -0.15) is 0 Å². The Morgan fingerprint density at radius 1 is 1.20 bits per heavy atom. The summed E-state index contributed by atoms with van der Waals surface area (Å²) < 4.78 is 8.90. The van der Waals surface area contributed by atoms with Gasteiger partial charge in [0.15, 0.2) is 5.37 Å². The van der Waals surface area contributed by atoms with E-state index >= 15 is 0 Å². The first-order valence-corrected chi connectivity index (χ1v) is 5.40. The van der Waals surface area contributed by atoms with Crippen molar-refractivity contribution in [2.75, 3.05) is 14.2 Å². The van der Waals surface area contributed by atoms with Crippen LogP contribution in [0.25, 0.3) is 0 Å². The third kappa shape index (κ3) is 2.43. The Morgan fingerprint density at radius 2 is 1.73 bits per heavy atom. The van der Waals surface area contributed by atoms with Crippen LogP contribution in [0.15, 0.2) is 0 Å². The molecular formula is C9H15NO4S. The van der Waals surface area contributed by atoms with Gasteiger partial charge in [0.1, 0.15) is 6.04 Å². The molecule has 0 aromatic carbocycles. The number of carbonyl (C=O) groups excluding carboxylic acids is 2. The first kappa shape index (κ1) is 12.3. The summed E-state index contributed by atoms with van der Waals surface area (Å²) in [7, 11) is 2.65. The quantitative estimate of drug-likeness (QED) is 0.685. The van der Waals surface area contributed by atoms with Crippen molar-refractivity contribution in [3.8, 4) is 0 Å². The van der Waals surface area contributed by atoms with Crippen LogP contribution in [0.5, 0.6) is 0 Å². The second-order valence-electron chi connectivity index (χ2n) is 3.75. The molecule has 0 spiro atoms. The lowest BCUT2D eigenvalue weighted by Crippen LogP contribution is -2.46. The van der Waals surface area contributed by atoms with Gasteiger partial charge in [0.25, 0.3) is 0 Å². The molecule has 1 fully saturated rings. The lowest BCUT2D eigenvalue weighted by atomic mass is 10.0. The molecule has 5 nitrogen and oxygen atoms in total. The molecule has 6 heteroatoms. The monoisotopic (exact) mass is 233 g/mol. The maximum Gasteiger partial charge on any atom is 0.333 e. The number of rotatable bonds is 2. The molecule has 0 amide bonds. The van der Waals surface area contributed by atoms with Crippen LogP contribution < -0.4 is 5.32 Å². The molecule has 0 aromatic heterocycles. The van der Waals surface area contributed by atoms with E-state index in [1.165, 1.54) is 26.0 Å². The fraction of sp³-hybridized carbons (Fsp3) is 0.778. The number of methoxy groups -OCH3 is 2. The average Bonchev–Trinajstić information content (AvgIpc) is 2.52. The van der Waals surface area contributed by atoms with E-state index < -0.39 is 11.4 Å². The fourth-order valence-corrected chi connectivity index (χ4v) is 2.76. The lowest BCUT2D eigenvalue weighted by molar-refractivity contribution is -0.144. The zero-order valence-corrected chi connectivity index (χ0v) is 10.0. The third-order valence-corrected chi connectivity index (χ3v) is 3.69. The molecule has 0 aromatic rings. The molecule has 15 heavy (non-hydrogen) atoms. The molecular weight excluding hydrogens is 218 g/mol. The summed E-state index contributed by atoms with van der Waals surface area (Å²) in [6, 6.07) is -0.489. The van der Waals surface area contributed by atoms with Crippen LogP contribution in [0.4, 0.5) is 0 Å². The van der Waals surface area contributed by atoms with Crippen LogP contribution in [0.3, 0.4) is 0 Å². The summed E-state index contributed by atoms with van der Waals surface area (Å²) in [5, 5.41) is 2.39. The van der Waals surface area contributed by atoms with Crippen molar-refractivity contribution in [1.29, 1.82) is 0 Å². The molecule has 2 atom stereocenters. The molecule has 1 aliphatic rings. The molecule has 1 saturated heterocycles. The SMILES string of the molecule is COC(=O)[C@@H]1N[C@@H](C(=O)OC)C(C)(C)S1. The Labute approximate surface area is 92.9 Å². The van der Waals surface area contributed by atoms with Crippen LogP contribution in [-0.4, -0.2) is 42.3 Å². The first-order valence-electron chi connectivity index (χ1n) is 4.52. The van der Waals surface area contributed by atoms with E-state index in [-0.39, 0.29) is 16.7 Å². The normalized spacial score (nSPS) is 28.5. The Hall–Kier alpha value is -0.750. The zero-order valence-electron chi connectivity index (χ0n) is 9.20. The van der Waals surface area contributed by atoms with Crippen molar-refractivity contribution in [1.82, 2.24) is 5.32 Å². The van der Waals surface area contributed by atoms with Crippen molar-refractivity contribution in [2.24, 2.45) is 0 Å². The minimum atomic E-state index is -0.505. The number of nitrogens with one attached hydrogen (secondary N) is 1. The summed E-state index contributed by atoms with van der Waals surface area (Å²) in [5.41, 5.74) is 0. The number of thioether (sulfide) groups is 1. The average molecular weight is 233 g/mol. The largest absolute Gasteiger partial charge is 0.468 e. The minimum Gasteiger partial charge on any atom is -0.468 e. The smallest absolute Gasteiger partial charge is 0.333 e. The summed E-state index contributed by atoms with van der Waals surface area (Å²) in [6.45, 7) is 3.77. The van der Waals surface area contributed by atoms with Crippen LogP contribution in [0.1, 0.15) is 13.8 Å². The van der Waals surface area contributed by atoms with E-state index in [4.69, 9.17) is 0 Å². The van der Waals surface area contributed by atoms with E-state index in [0.29, 0.717) is 0 Å². The summed E-state index contributed by atoms with van der Waals surface area (Å²) >= 11 is 1.37. The number of hydrogen-bond acceptors (Lipinski definition) is 6. The Morgan fingerprint density at radius 3 is 2.20 bits per heavy atom. The molecule has 0 saturated carbocycles. The molecule has 0 radical (unpaired) electrons. The van der Waals surface area contributed by atoms with E-state index in [1.54, 1.807) is 0 Å². The van der Waals surface area contributed by atoms with E-state index in [1.807, 2.05) is 13.8 Å². The van der Waals surface area contributed by atoms with Gasteiger partial charge in [-0.05, 0) is 13.8 Å². The fourth-order valence-electron chi connectivity index (χ4n) is 1.45. The molecule has 0 aliphatic carbocycles. The molecule has 1 heterocycles. The molecule has 1 N–H and O–H groups in total. The first-order chi connectivity index (χ1) is 6.92. The maximum atomic E-state index is 11.4. The highest BCUT2D eigenvalue weighted by molar-refractivity contribution is 8.02. The number of hydrogen-bond donors (Lipinski definition) is 1. The highest BCUT2D eigenvalue weighted by atomic mass is 32.2. The number of esters is 2. The topological polar surface area (TPSA) is 64.6 Å². The predicted molar refractivity (Wildman–Crippen MR) is 56.4 cm³/mol. The van der Waals surface area contributed by atoms with Crippen LogP contribution in [0.2, 0.25) is 0 Å². The summed E-state index contributed by atoms with van der Waals surface area (Å²) in [4.78, 5) is 22.7. The van der Waals surface area contributed by atoms with E-state index in [9.17, 15) is 9.59 Å². The maximum absolute atomic E-state index is 11.4. The predicted octanol–water partition coefficient (Wildman–Crippen LogP) is 0.142. The van der Waals surface area contributed by atoms with Gasteiger partial charge in [0.05, 0.1) is 14.2 Å². The van der Waals surface area contributed by atoms with Gasteiger partial charge in [-0.3, -0.25) is 10.1 Å². The second-order valence-corrected chi connectivity index (χ2v) is 5.51. The number of carbonyl (C=O) groups is 2. The van der Waals surface area contributed by atoms with Crippen LogP contribution in [-0.2, 0) is 19.1 Å². The van der Waals surface area contributed by atoms with Gasteiger partial charge < -0.3 is 9.47 Å². The summed E-state index contributed by atoms with van der Waals surface area (Å²) in [6.07, 6.45) is 0. The van der Waals surface area contributed by atoms with Crippen molar-refractivity contribution < 1.29 is 19.1 Å². The Balaban J connectivity index is 2.76. The third-order valence-electron chi connectivity index (χ3n) is 2.29. The van der Waals surface area contributed by atoms with E-state index in [0.717, 1.165) is 0 Å². The van der Waals surface area contributed by atoms with Crippen LogP contribution in [0, 0.1) is 0 Å². The van der Waals surface area contributed by atoms with Gasteiger partial charge in [-0.15, -0.1) is 11.8 Å². The van der Waals surface area contributed by atoms with Crippen molar-refractivity contribution >= 4 is 23.7 Å². The molecule has 86 valence electrons. The second kappa shape index (κ2) is 4.40. The summed E-state index contributed by atoms with van der Waals surface area (Å²) in [5.74, 6) is -0.738. The standard InChI is InChI=1S/C9H15NO4S/c1-9(2)5(7(11)13-3)10-6(15-9)8(12)14-4/h5-6,10H,1-4H3/t5-,6+/m0/s1. The van der Waals surface area contributed by atoms with Crippen molar-refractivity contribution in [3.63, 3.8) is 0 Å². The van der Waals surface area contributed by atoms with Crippen molar-refractivity contribution in [2.45, 2.75) is 30.0 Å². The van der Waals surface area contributed by atoms with Gasteiger partial charge in [-0.1, -0.05) is 0 Å². The van der Waals surface area contributed by atoms with Crippen LogP contribution >= 0.6 is 11.8 Å². The highest BCUT2D eigenvalue weighted by Crippen LogP contribution is 2.38. The van der Waals surface area contributed by atoms with Gasteiger partial charge >= 0.3 is 11.9 Å². The Bertz CT molecular complexity index is 279. The molecule has 0 unspecified atom stereocenters. The molecule has 1 aliphatic heterocycles. The molecule has 0 bridgehead atoms. The zero-order chi connectivity index (χ0) is 11.6. The van der Waals surface area contributed by atoms with Gasteiger partial charge in [-0.25, -0.2) is 4.79 Å². The van der Waals surface area contributed by atoms with Crippen molar-refractivity contribution in [3.05, 3.63) is 0 Å². The highest BCUT2D eigenvalue weighted by Gasteiger charge is 2.48. The van der Waals surface area contributed by atoms with Gasteiger partial charge in [0, 0.05) is 4.75 Å². The number of ether oxygens (including phenoxy) is 2. The Kier molecular flexibility index (Phi) is 3.62. The minimum absolute atomic E-state index is 0.362. The lowest BCUT2D eigenvalue weighted by Gasteiger charge is -2.22. The molecule has 1 rings (SSSR count).